The van der Waals surface area contributed by atoms with Gasteiger partial charge in [0.05, 0.1) is 11.9 Å². The fourth-order valence-electron chi connectivity index (χ4n) is 4.77. The Labute approximate surface area is 199 Å². The minimum absolute atomic E-state index is 0.107. The van der Waals surface area contributed by atoms with E-state index in [1.165, 1.54) is 35.3 Å². The Morgan fingerprint density at radius 1 is 1.18 bits per heavy atom. The first-order valence-corrected chi connectivity index (χ1v) is 12.8. The number of benzene rings is 1. The molecule has 2 aliphatic heterocycles. The number of nitrogens with zero attached hydrogens (tertiary/aromatic N) is 4. The minimum Gasteiger partial charge on any atom is -0.340 e. The van der Waals surface area contributed by atoms with Crippen molar-refractivity contribution in [3.05, 3.63) is 58.7 Å². The molecule has 4 heterocycles. The van der Waals surface area contributed by atoms with Crippen LogP contribution in [0, 0.1) is 0 Å². The topological polar surface area (TPSA) is 61.4 Å². The molecule has 7 heteroatoms. The van der Waals surface area contributed by atoms with Gasteiger partial charge in [0, 0.05) is 29.7 Å². The minimum atomic E-state index is 0.107. The first kappa shape index (κ1) is 22.0. The van der Waals surface area contributed by atoms with Gasteiger partial charge in [0.1, 0.15) is 17.0 Å². The third-order valence-corrected chi connectivity index (χ3v) is 7.74. The highest BCUT2D eigenvalue weighted by atomic mass is 32.1. The van der Waals surface area contributed by atoms with Crippen molar-refractivity contribution in [2.24, 2.45) is 0 Å². The summed E-state index contributed by atoms with van der Waals surface area (Å²) in [5, 5.41) is 4.61. The van der Waals surface area contributed by atoms with Crippen molar-refractivity contribution in [3.63, 3.8) is 0 Å². The molecule has 1 saturated heterocycles. The van der Waals surface area contributed by atoms with E-state index in [1.807, 2.05) is 11.0 Å². The molecule has 2 aromatic heterocycles. The van der Waals surface area contributed by atoms with Gasteiger partial charge in [0.25, 0.3) is 0 Å². The van der Waals surface area contributed by atoms with Crippen molar-refractivity contribution in [3.8, 4) is 0 Å². The number of anilines is 2. The van der Waals surface area contributed by atoms with Crippen LogP contribution in [-0.2, 0) is 24.2 Å². The fraction of sp³-hybridized carbons (Fsp3) is 0.423. The smallest absolute Gasteiger partial charge is 0.246 e. The number of hydrogen-bond acceptors (Lipinski definition) is 6. The van der Waals surface area contributed by atoms with Crippen LogP contribution in [0.1, 0.15) is 42.2 Å². The van der Waals surface area contributed by atoms with E-state index in [4.69, 9.17) is 0 Å². The Morgan fingerprint density at radius 2 is 2.06 bits per heavy atom. The highest BCUT2D eigenvalue weighted by molar-refractivity contribution is 7.19. The Balaban J connectivity index is 1.31. The molecular weight excluding hydrogens is 430 g/mol. The summed E-state index contributed by atoms with van der Waals surface area (Å²) in [4.78, 5) is 28.5. The maximum absolute atomic E-state index is 12.8. The van der Waals surface area contributed by atoms with E-state index in [9.17, 15) is 4.79 Å². The highest BCUT2D eigenvalue weighted by Crippen LogP contribution is 2.38. The maximum Gasteiger partial charge on any atom is 0.246 e. The first-order valence-electron chi connectivity index (χ1n) is 12.0. The quantitative estimate of drug-likeness (QED) is 0.528. The van der Waals surface area contributed by atoms with Crippen molar-refractivity contribution in [2.45, 2.75) is 45.6 Å². The average molecular weight is 462 g/mol. The van der Waals surface area contributed by atoms with Crippen LogP contribution in [0.2, 0.25) is 0 Å². The normalized spacial score (nSPS) is 16.9. The van der Waals surface area contributed by atoms with Crippen molar-refractivity contribution in [1.82, 2.24) is 19.8 Å². The van der Waals surface area contributed by atoms with Gasteiger partial charge in [0.2, 0.25) is 5.91 Å². The van der Waals surface area contributed by atoms with Gasteiger partial charge in [-0.1, -0.05) is 31.6 Å². The Bertz CT molecular complexity index is 1160. The zero-order chi connectivity index (χ0) is 22.6. The van der Waals surface area contributed by atoms with Crippen molar-refractivity contribution in [2.75, 3.05) is 31.5 Å². The summed E-state index contributed by atoms with van der Waals surface area (Å²) < 4.78 is 0. The third kappa shape index (κ3) is 4.94. The molecule has 33 heavy (non-hydrogen) atoms. The summed E-state index contributed by atoms with van der Waals surface area (Å²) in [7, 11) is 0. The van der Waals surface area contributed by atoms with E-state index < -0.39 is 0 Å². The molecular formula is C26H31N5OS. The Morgan fingerprint density at radius 3 is 2.91 bits per heavy atom. The van der Waals surface area contributed by atoms with Crippen LogP contribution in [0.4, 0.5) is 11.5 Å². The zero-order valence-corrected chi connectivity index (χ0v) is 20.0. The fourth-order valence-corrected chi connectivity index (χ4v) is 5.97. The number of nitrogens with one attached hydrogen (secondary N) is 1. The van der Waals surface area contributed by atoms with Crippen LogP contribution in [0.3, 0.4) is 0 Å². The second kappa shape index (κ2) is 10.0. The van der Waals surface area contributed by atoms with Crippen molar-refractivity contribution >= 4 is 39.0 Å². The maximum atomic E-state index is 12.8. The highest BCUT2D eigenvalue weighted by Gasteiger charge is 2.25. The average Bonchev–Trinajstić information content (AvgIpc) is 3.23. The molecule has 0 atom stereocenters. The molecule has 0 bridgehead atoms. The summed E-state index contributed by atoms with van der Waals surface area (Å²) in [5.74, 6) is 0.961. The number of thiophene rings is 1. The van der Waals surface area contributed by atoms with Gasteiger partial charge in [-0.3, -0.25) is 9.69 Å². The number of rotatable bonds is 6. The van der Waals surface area contributed by atoms with Crippen LogP contribution >= 0.6 is 11.3 Å². The number of amides is 1. The van der Waals surface area contributed by atoms with Gasteiger partial charge in [-0.25, -0.2) is 9.97 Å². The molecule has 1 aromatic carbocycles. The van der Waals surface area contributed by atoms with E-state index in [2.05, 4.69) is 51.4 Å². The Hall–Kier alpha value is -2.77. The van der Waals surface area contributed by atoms with Gasteiger partial charge >= 0.3 is 0 Å². The molecule has 6 nitrogen and oxygen atoms in total. The van der Waals surface area contributed by atoms with E-state index >= 15 is 0 Å². The SMILES string of the molecule is CCc1cccc(Nc2ncnc3sc4c(c23)CCN(C(=O)/C=C/CN2CCCCC2)C4)c1. The molecule has 5 rings (SSSR count). The molecule has 0 radical (unpaired) electrons. The van der Waals surface area contributed by atoms with Crippen molar-refractivity contribution < 1.29 is 4.79 Å². The molecule has 2 aliphatic rings. The van der Waals surface area contributed by atoms with E-state index in [0.29, 0.717) is 6.54 Å². The number of carbonyl (C=O) groups excluding carboxylic acids is 1. The predicted octanol–water partition coefficient (Wildman–Crippen LogP) is 4.92. The molecule has 172 valence electrons. The van der Waals surface area contributed by atoms with Crippen LogP contribution in [0.25, 0.3) is 10.2 Å². The second-order valence-electron chi connectivity index (χ2n) is 8.86. The van der Waals surface area contributed by atoms with Crippen LogP contribution in [0.15, 0.2) is 42.7 Å². The summed E-state index contributed by atoms with van der Waals surface area (Å²) in [5.41, 5.74) is 3.62. The van der Waals surface area contributed by atoms with Gasteiger partial charge in [-0.15, -0.1) is 11.3 Å². The number of hydrogen-bond donors (Lipinski definition) is 1. The van der Waals surface area contributed by atoms with E-state index in [1.54, 1.807) is 23.7 Å². The lowest BCUT2D eigenvalue weighted by Gasteiger charge is -2.27. The lowest BCUT2D eigenvalue weighted by Crippen LogP contribution is -2.34. The second-order valence-corrected chi connectivity index (χ2v) is 9.94. The zero-order valence-electron chi connectivity index (χ0n) is 19.2. The standard InChI is InChI=1S/C26H31N5OS/c1-2-19-8-6-9-20(16-19)29-25-24-21-11-15-31(17-22(21)33-26(24)28-18-27-25)23(32)10-7-14-30-12-4-3-5-13-30/h6-10,16,18H,2-5,11-15,17H2,1H3,(H,27,28,29)/b10-7+. The van der Waals surface area contributed by atoms with Crippen LogP contribution in [-0.4, -0.2) is 51.9 Å². The summed E-state index contributed by atoms with van der Waals surface area (Å²) >= 11 is 1.68. The molecule has 0 unspecified atom stereocenters. The molecule has 3 aromatic rings. The molecule has 1 fully saturated rings. The van der Waals surface area contributed by atoms with Crippen molar-refractivity contribution in [1.29, 1.82) is 0 Å². The third-order valence-electron chi connectivity index (χ3n) is 6.62. The predicted molar refractivity (Wildman–Crippen MR) is 135 cm³/mol. The number of carbonyl (C=O) groups is 1. The van der Waals surface area contributed by atoms with Crippen LogP contribution < -0.4 is 5.32 Å². The summed E-state index contributed by atoms with van der Waals surface area (Å²) in [6.45, 7) is 6.70. The number of aromatic nitrogens is 2. The lowest BCUT2D eigenvalue weighted by atomic mass is 10.0. The summed E-state index contributed by atoms with van der Waals surface area (Å²) in [6, 6.07) is 8.46. The number of likely N-dealkylation sites (tertiary alicyclic amines) is 1. The summed E-state index contributed by atoms with van der Waals surface area (Å²) in [6.07, 6.45) is 11.1. The molecule has 1 amide bonds. The van der Waals surface area contributed by atoms with E-state index in [-0.39, 0.29) is 5.91 Å². The van der Waals surface area contributed by atoms with Gasteiger partial charge in [-0.2, -0.15) is 0 Å². The number of piperidine rings is 1. The first-order chi connectivity index (χ1) is 16.2. The number of aryl methyl sites for hydroxylation is 1. The van der Waals surface area contributed by atoms with Gasteiger partial charge in [-0.05, 0) is 62.0 Å². The van der Waals surface area contributed by atoms with Gasteiger partial charge < -0.3 is 10.2 Å². The lowest BCUT2D eigenvalue weighted by molar-refractivity contribution is -0.126. The largest absolute Gasteiger partial charge is 0.340 e. The Kier molecular flexibility index (Phi) is 6.69. The molecule has 0 saturated carbocycles. The monoisotopic (exact) mass is 461 g/mol. The number of fused-ring (bicyclic) bond motifs is 3. The molecule has 1 N–H and O–H groups in total. The van der Waals surface area contributed by atoms with Gasteiger partial charge in [0.15, 0.2) is 0 Å². The van der Waals surface area contributed by atoms with Crippen LogP contribution in [0.5, 0.6) is 0 Å². The molecule has 0 aliphatic carbocycles. The van der Waals surface area contributed by atoms with E-state index in [0.717, 1.165) is 60.7 Å². The molecule has 0 spiro atoms.